The van der Waals surface area contributed by atoms with Crippen LogP contribution >= 0.6 is 17.0 Å². The Morgan fingerprint density at radius 2 is 1.18 bits per heavy atom. The Bertz CT molecular complexity index is 2410. The van der Waals surface area contributed by atoms with E-state index < -0.39 is 21.5 Å². The molecule has 6 aromatic carbocycles. The van der Waals surface area contributed by atoms with E-state index in [9.17, 15) is 0 Å². The third-order valence-electron chi connectivity index (χ3n) is 12.4. The fourth-order valence-corrected chi connectivity index (χ4v) is 42.0. The zero-order chi connectivity index (χ0) is 35.7. The minimum absolute atomic E-state index is 0.0563. The van der Waals surface area contributed by atoms with Gasteiger partial charge in [0.2, 0.25) is 0 Å². The van der Waals surface area contributed by atoms with Gasteiger partial charge in [-0.2, -0.15) is 0 Å². The quantitative estimate of drug-likeness (QED) is 0.135. The summed E-state index contributed by atoms with van der Waals surface area (Å²) in [4.78, 5) is 0. The Kier molecular flexibility index (Phi) is 9.03. The second-order valence-electron chi connectivity index (χ2n) is 15.6. The van der Waals surface area contributed by atoms with Gasteiger partial charge in [-0.3, -0.25) is 0 Å². The maximum absolute atomic E-state index is 8.85. The number of fused-ring (bicyclic) bond motifs is 4. The Morgan fingerprint density at radius 1 is 0.627 bits per heavy atom. The van der Waals surface area contributed by atoms with Gasteiger partial charge in [-0.1, -0.05) is 0 Å². The van der Waals surface area contributed by atoms with Gasteiger partial charge >= 0.3 is 315 Å². The molecule has 3 atom stereocenters. The summed E-state index contributed by atoms with van der Waals surface area (Å²) in [6.45, 7) is 14.3. The van der Waals surface area contributed by atoms with Crippen LogP contribution < -0.4 is 0 Å². The molecule has 0 bridgehead atoms. The van der Waals surface area contributed by atoms with Crippen molar-refractivity contribution >= 4 is 56.6 Å². The van der Waals surface area contributed by atoms with E-state index in [-0.39, 0.29) is 7.25 Å². The molecule has 0 amide bonds. The van der Waals surface area contributed by atoms with Crippen molar-refractivity contribution in [1.29, 1.82) is 0 Å². The number of benzene rings is 6. The van der Waals surface area contributed by atoms with Crippen LogP contribution in [-0.2, 0) is 15.6 Å². The molecule has 0 aliphatic heterocycles. The number of hydrogen-bond donors (Lipinski definition) is 0. The van der Waals surface area contributed by atoms with Gasteiger partial charge in [-0.05, 0) is 0 Å². The fraction of sp³-hybridized carbons (Fsp3) is 0.234. The van der Waals surface area contributed by atoms with Crippen LogP contribution in [0, 0.1) is 12.8 Å². The van der Waals surface area contributed by atoms with Crippen LogP contribution in [0.2, 0.25) is 13.1 Å². The number of hydrogen-bond acceptors (Lipinski definition) is 0. The van der Waals surface area contributed by atoms with Crippen LogP contribution in [0.5, 0.6) is 0 Å². The van der Waals surface area contributed by atoms with Crippen molar-refractivity contribution in [3.8, 4) is 22.3 Å². The molecule has 0 nitrogen and oxygen atoms in total. The molecule has 4 heteroatoms. The molecule has 2 aliphatic rings. The Morgan fingerprint density at radius 3 is 1.78 bits per heavy atom. The maximum atomic E-state index is 8.85. The van der Waals surface area contributed by atoms with Crippen molar-refractivity contribution in [3.63, 3.8) is 0 Å². The summed E-state index contributed by atoms with van der Waals surface area (Å²) in [5.74, 6) is -1.31. The summed E-state index contributed by atoms with van der Waals surface area (Å²) in [5, 5.41) is 5.09. The molecule has 0 saturated heterocycles. The molecule has 0 fully saturated rings. The van der Waals surface area contributed by atoms with Crippen LogP contribution in [0.4, 0.5) is 0 Å². The molecule has 0 heterocycles. The van der Waals surface area contributed by atoms with Gasteiger partial charge in [0, 0.05) is 0 Å². The van der Waals surface area contributed by atoms with Crippen molar-refractivity contribution in [2.24, 2.45) is 5.92 Å². The van der Waals surface area contributed by atoms with E-state index in [1.54, 1.807) is 0 Å². The molecular formula is C47H47Cl2SiZr. The summed E-state index contributed by atoms with van der Waals surface area (Å²) < 4.78 is 0.119. The van der Waals surface area contributed by atoms with Crippen molar-refractivity contribution in [2.75, 3.05) is 0 Å². The summed E-state index contributed by atoms with van der Waals surface area (Å²) in [7, 11) is 17.7. The fourth-order valence-electron chi connectivity index (χ4n) is 9.82. The standard InChI is InChI=1S/C24H23.C21H17.C2H7Si.2ClH.Zr/c1-3-8-17(2)20-15-19-11-7-14-23(24(19)16-20)22-13-6-10-18-9-4-5-12-21(18)22;1-14-12-20-15(2)10-11-19(21(20)13-14)18-9-5-7-16-6-3-4-8-17(16)18;1-3-2;;;/h4-7,9-17H,3,8H2,1-2H3;3-13H,1-2H3;3H,1-2H3;2*1H;/q;;;;;+2/p-2. The monoisotopic (exact) mass is 799 g/mol. The summed E-state index contributed by atoms with van der Waals surface area (Å²) in [6.07, 6.45) is 7.25. The molecule has 0 spiro atoms. The molecule has 257 valence electrons. The van der Waals surface area contributed by atoms with Gasteiger partial charge in [0.25, 0.3) is 0 Å². The molecule has 0 radical (unpaired) electrons. The van der Waals surface area contributed by atoms with Crippen LogP contribution in [-0.4, -0.2) is 5.92 Å². The van der Waals surface area contributed by atoms with Crippen molar-refractivity contribution in [2.45, 2.75) is 60.9 Å². The van der Waals surface area contributed by atoms with E-state index in [1.807, 2.05) is 0 Å². The average molecular weight is 802 g/mol. The summed E-state index contributed by atoms with van der Waals surface area (Å²) >= 11 is -4.96. The Hall–Kier alpha value is -3.00. The first kappa shape index (κ1) is 35.1. The molecule has 3 unspecified atom stereocenters. The summed E-state index contributed by atoms with van der Waals surface area (Å²) in [5.41, 5.74) is 14.6. The van der Waals surface area contributed by atoms with E-state index in [4.69, 9.17) is 17.0 Å². The van der Waals surface area contributed by atoms with Gasteiger partial charge in [0.15, 0.2) is 0 Å². The van der Waals surface area contributed by atoms with E-state index in [2.05, 4.69) is 168 Å². The topological polar surface area (TPSA) is 0 Å². The predicted molar refractivity (Wildman–Crippen MR) is 225 cm³/mol. The van der Waals surface area contributed by atoms with Gasteiger partial charge in [-0.25, -0.2) is 0 Å². The molecule has 2 aliphatic carbocycles. The molecule has 0 aromatic heterocycles. The van der Waals surface area contributed by atoms with E-state index in [0.29, 0.717) is 5.92 Å². The SMILES string of the molecule is CCCC(C)C1=Cc2c(-c3cccc4ccccc34)cccc2[CH]1[Zr]([Cl])([Cl])([CH]1C(C)=Cc2c(-c3cccc4ccccc34)ccc(C)c21)[SiH](C)C. The zero-order valence-corrected chi connectivity index (χ0v) is 35.7. The van der Waals surface area contributed by atoms with E-state index >= 15 is 0 Å². The zero-order valence-electron chi connectivity index (χ0n) is 30.6. The molecule has 51 heavy (non-hydrogen) atoms. The molecule has 0 N–H and O–H groups in total. The number of rotatable bonds is 8. The Balaban J connectivity index is 1.38. The normalized spacial score (nSPS) is 18.3. The van der Waals surface area contributed by atoms with Crippen LogP contribution in [0.25, 0.3) is 56.0 Å². The van der Waals surface area contributed by atoms with Crippen molar-refractivity contribution in [3.05, 3.63) is 154 Å². The third kappa shape index (κ3) is 5.38. The van der Waals surface area contributed by atoms with E-state index in [0.717, 1.165) is 12.8 Å². The van der Waals surface area contributed by atoms with Gasteiger partial charge in [-0.15, -0.1) is 0 Å². The van der Waals surface area contributed by atoms with E-state index in [1.165, 1.54) is 82.8 Å². The molecule has 8 rings (SSSR count). The van der Waals surface area contributed by atoms with Gasteiger partial charge in [0.1, 0.15) is 0 Å². The Labute approximate surface area is 313 Å². The second-order valence-corrected chi connectivity index (χ2v) is 58.1. The average Bonchev–Trinajstić information content (AvgIpc) is 3.72. The first-order valence-electron chi connectivity index (χ1n) is 18.7. The predicted octanol–water partition coefficient (Wildman–Crippen LogP) is 14.6. The molecule has 6 aromatic rings. The van der Waals surface area contributed by atoms with Gasteiger partial charge < -0.3 is 0 Å². The number of aryl methyl sites for hydroxylation is 1. The minimum atomic E-state index is -4.96. The van der Waals surface area contributed by atoms with Crippen LogP contribution in [0.1, 0.15) is 68.7 Å². The van der Waals surface area contributed by atoms with Crippen molar-refractivity contribution < 1.29 is 15.6 Å². The molecular weight excluding hydrogens is 755 g/mol. The number of allylic oxidation sites excluding steroid dienone is 2. The van der Waals surface area contributed by atoms with Crippen LogP contribution in [0.15, 0.2) is 126 Å². The third-order valence-corrected chi connectivity index (χ3v) is 64.3. The number of halogens is 2. The van der Waals surface area contributed by atoms with Gasteiger partial charge in [0.05, 0.1) is 0 Å². The second kappa shape index (κ2) is 13.1. The first-order valence-corrected chi connectivity index (χ1v) is 35.0. The van der Waals surface area contributed by atoms with Crippen molar-refractivity contribution in [1.82, 2.24) is 0 Å². The first-order chi connectivity index (χ1) is 24.5. The molecule has 0 saturated carbocycles. The summed E-state index contributed by atoms with van der Waals surface area (Å²) in [6, 6.07) is 42.5. The van der Waals surface area contributed by atoms with Crippen LogP contribution in [0.3, 0.4) is 0 Å².